The molecule has 1 aromatic rings. The van der Waals surface area contributed by atoms with Crippen LogP contribution in [0.4, 0.5) is 0 Å². The van der Waals surface area contributed by atoms with Gasteiger partial charge in [-0.2, -0.15) is 0 Å². The van der Waals surface area contributed by atoms with Crippen molar-refractivity contribution in [1.82, 2.24) is 5.32 Å². The normalized spacial score (nSPS) is 29.4. The standard InChI is InChI=1S/C13H17NO/c1-9-13(4-5-15-9)10-2-3-11-7-14-8-12(11)6-10/h2-3,6,9,13-14H,4-5,7-8H2,1H3/t9-,13-/m1/s1. The van der Waals surface area contributed by atoms with Gasteiger partial charge >= 0.3 is 0 Å². The van der Waals surface area contributed by atoms with E-state index in [0.29, 0.717) is 12.0 Å². The highest BCUT2D eigenvalue weighted by atomic mass is 16.5. The molecule has 0 aliphatic carbocycles. The minimum Gasteiger partial charge on any atom is -0.378 e. The summed E-state index contributed by atoms with van der Waals surface area (Å²) in [6, 6.07) is 6.92. The Bertz CT molecular complexity index is 375. The van der Waals surface area contributed by atoms with Crippen molar-refractivity contribution in [3.8, 4) is 0 Å². The smallest absolute Gasteiger partial charge is 0.0616 e. The van der Waals surface area contributed by atoms with E-state index in [4.69, 9.17) is 4.74 Å². The van der Waals surface area contributed by atoms with Gasteiger partial charge in [0.1, 0.15) is 0 Å². The Labute approximate surface area is 90.6 Å². The van der Waals surface area contributed by atoms with Gasteiger partial charge in [-0.3, -0.25) is 0 Å². The third-order valence-corrected chi connectivity index (χ3v) is 3.67. The Kier molecular flexibility index (Phi) is 2.26. The summed E-state index contributed by atoms with van der Waals surface area (Å²) in [5.41, 5.74) is 4.40. The zero-order valence-corrected chi connectivity index (χ0v) is 9.12. The minimum absolute atomic E-state index is 0.386. The lowest BCUT2D eigenvalue weighted by atomic mass is 9.91. The van der Waals surface area contributed by atoms with E-state index in [2.05, 4.69) is 30.4 Å². The van der Waals surface area contributed by atoms with Gasteiger partial charge in [0.05, 0.1) is 6.10 Å². The molecule has 1 fully saturated rings. The number of benzene rings is 1. The van der Waals surface area contributed by atoms with Crippen LogP contribution < -0.4 is 5.32 Å². The summed E-state index contributed by atoms with van der Waals surface area (Å²) in [6.07, 6.45) is 1.56. The molecule has 0 spiro atoms. The van der Waals surface area contributed by atoms with E-state index in [1.807, 2.05) is 0 Å². The van der Waals surface area contributed by atoms with Gasteiger partial charge in [0.2, 0.25) is 0 Å². The van der Waals surface area contributed by atoms with Gasteiger partial charge in [-0.25, -0.2) is 0 Å². The average molecular weight is 203 g/mol. The van der Waals surface area contributed by atoms with Crippen molar-refractivity contribution in [2.45, 2.75) is 38.5 Å². The number of hydrogen-bond donors (Lipinski definition) is 1. The van der Waals surface area contributed by atoms with Crippen LogP contribution in [0.15, 0.2) is 18.2 Å². The first-order valence-electron chi connectivity index (χ1n) is 5.78. The van der Waals surface area contributed by atoms with Crippen molar-refractivity contribution in [2.24, 2.45) is 0 Å². The molecule has 0 bridgehead atoms. The molecule has 0 saturated carbocycles. The van der Waals surface area contributed by atoms with E-state index in [-0.39, 0.29) is 0 Å². The first-order valence-corrected chi connectivity index (χ1v) is 5.78. The molecule has 3 rings (SSSR count). The van der Waals surface area contributed by atoms with Crippen molar-refractivity contribution in [1.29, 1.82) is 0 Å². The molecule has 1 N–H and O–H groups in total. The van der Waals surface area contributed by atoms with Crippen LogP contribution in [0.25, 0.3) is 0 Å². The molecule has 0 radical (unpaired) electrons. The van der Waals surface area contributed by atoms with Crippen LogP contribution >= 0.6 is 0 Å². The molecule has 2 aliphatic heterocycles. The average Bonchev–Trinajstić information content (AvgIpc) is 2.84. The lowest BCUT2D eigenvalue weighted by molar-refractivity contribution is 0.118. The third-order valence-electron chi connectivity index (χ3n) is 3.67. The molecule has 80 valence electrons. The summed E-state index contributed by atoms with van der Waals surface area (Å²) in [5.74, 6) is 0.607. The Morgan fingerprint density at radius 2 is 2.13 bits per heavy atom. The Morgan fingerprint density at radius 1 is 1.27 bits per heavy atom. The predicted octanol–water partition coefficient (Wildman–Crippen LogP) is 2.18. The Hall–Kier alpha value is -0.860. The maximum atomic E-state index is 5.62. The van der Waals surface area contributed by atoms with Gasteiger partial charge in [-0.15, -0.1) is 0 Å². The number of rotatable bonds is 1. The maximum absolute atomic E-state index is 5.62. The summed E-state index contributed by atoms with van der Waals surface area (Å²) < 4.78 is 5.62. The fourth-order valence-corrected chi connectivity index (χ4v) is 2.71. The van der Waals surface area contributed by atoms with Gasteiger partial charge in [0.15, 0.2) is 0 Å². The van der Waals surface area contributed by atoms with Crippen LogP contribution in [0.3, 0.4) is 0 Å². The molecule has 15 heavy (non-hydrogen) atoms. The second-order valence-corrected chi connectivity index (χ2v) is 4.60. The topological polar surface area (TPSA) is 21.3 Å². The van der Waals surface area contributed by atoms with Gasteiger partial charge in [-0.05, 0) is 30.0 Å². The van der Waals surface area contributed by atoms with Crippen LogP contribution in [-0.4, -0.2) is 12.7 Å². The van der Waals surface area contributed by atoms with Crippen molar-refractivity contribution in [3.63, 3.8) is 0 Å². The second kappa shape index (κ2) is 3.62. The Balaban J connectivity index is 1.92. The molecule has 2 heterocycles. The molecule has 2 aliphatic rings. The minimum atomic E-state index is 0.386. The summed E-state index contributed by atoms with van der Waals surface area (Å²) in [7, 11) is 0. The van der Waals surface area contributed by atoms with Gasteiger partial charge in [0.25, 0.3) is 0 Å². The Morgan fingerprint density at radius 3 is 2.93 bits per heavy atom. The maximum Gasteiger partial charge on any atom is 0.0616 e. The fourth-order valence-electron chi connectivity index (χ4n) is 2.71. The molecule has 2 heteroatoms. The largest absolute Gasteiger partial charge is 0.378 e. The van der Waals surface area contributed by atoms with E-state index in [0.717, 1.165) is 19.7 Å². The quantitative estimate of drug-likeness (QED) is 0.755. The number of fused-ring (bicyclic) bond motifs is 1. The van der Waals surface area contributed by atoms with Gasteiger partial charge in [0, 0.05) is 25.6 Å². The van der Waals surface area contributed by atoms with Gasteiger partial charge in [-0.1, -0.05) is 18.2 Å². The molecule has 2 nitrogen and oxygen atoms in total. The molecular formula is C13H17NO. The summed E-state index contributed by atoms with van der Waals surface area (Å²) in [4.78, 5) is 0. The van der Waals surface area contributed by atoms with E-state index < -0.39 is 0 Å². The van der Waals surface area contributed by atoms with E-state index in [9.17, 15) is 0 Å². The van der Waals surface area contributed by atoms with E-state index >= 15 is 0 Å². The zero-order chi connectivity index (χ0) is 10.3. The second-order valence-electron chi connectivity index (χ2n) is 4.60. The molecular weight excluding hydrogens is 186 g/mol. The van der Waals surface area contributed by atoms with Crippen LogP contribution in [0.2, 0.25) is 0 Å². The molecule has 2 atom stereocenters. The van der Waals surface area contributed by atoms with Gasteiger partial charge < -0.3 is 10.1 Å². The molecule has 0 amide bonds. The molecule has 0 aromatic heterocycles. The van der Waals surface area contributed by atoms with E-state index in [1.54, 1.807) is 0 Å². The van der Waals surface area contributed by atoms with Crippen molar-refractivity contribution < 1.29 is 4.74 Å². The highest BCUT2D eigenvalue weighted by molar-refractivity contribution is 5.36. The van der Waals surface area contributed by atoms with Crippen LogP contribution in [0.1, 0.15) is 36.0 Å². The molecule has 1 saturated heterocycles. The molecule has 1 aromatic carbocycles. The fraction of sp³-hybridized carbons (Fsp3) is 0.538. The van der Waals surface area contributed by atoms with E-state index in [1.165, 1.54) is 23.1 Å². The van der Waals surface area contributed by atoms with Crippen LogP contribution in [0.5, 0.6) is 0 Å². The number of nitrogens with one attached hydrogen (secondary N) is 1. The number of hydrogen-bond acceptors (Lipinski definition) is 2. The molecule has 0 unspecified atom stereocenters. The van der Waals surface area contributed by atoms with Crippen LogP contribution in [0, 0.1) is 0 Å². The van der Waals surface area contributed by atoms with Crippen molar-refractivity contribution >= 4 is 0 Å². The lowest BCUT2D eigenvalue weighted by Crippen LogP contribution is -2.09. The van der Waals surface area contributed by atoms with Crippen molar-refractivity contribution in [2.75, 3.05) is 6.61 Å². The number of ether oxygens (including phenoxy) is 1. The third kappa shape index (κ3) is 1.58. The summed E-state index contributed by atoms with van der Waals surface area (Å²) in [6.45, 7) is 5.17. The summed E-state index contributed by atoms with van der Waals surface area (Å²) >= 11 is 0. The first kappa shape index (κ1) is 9.37. The van der Waals surface area contributed by atoms with Crippen molar-refractivity contribution in [3.05, 3.63) is 34.9 Å². The monoisotopic (exact) mass is 203 g/mol. The predicted molar refractivity (Wildman–Crippen MR) is 59.8 cm³/mol. The summed E-state index contributed by atoms with van der Waals surface area (Å²) in [5, 5.41) is 3.39. The highest BCUT2D eigenvalue weighted by Gasteiger charge is 2.26. The zero-order valence-electron chi connectivity index (χ0n) is 9.12. The highest BCUT2D eigenvalue weighted by Crippen LogP contribution is 2.32. The van der Waals surface area contributed by atoms with Crippen LogP contribution in [-0.2, 0) is 17.8 Å². The first-order chi connectivity index (χ1) is 7.34. The SMILES string of the molecule is C[C@H]1OCC[C@H]1c1ccc2c(c1)CNC2. The lowest BCUT2D eigenvalue weighted by Gasteiger charge is -2.15.